The van der Waals surface area contributed by atoms with Crippen molar-refractivity contribution in [2.75, 3.05) is 6.54 Å². The molecule has 15 heavy (non-hydrogen) atoms. The molecule has 0 radical (unpaired) electrons. The third-order valence-corrected chi connectivity index (χ3v) is 3.68. The summed E-state index contributed by atoms with van der Waals surface area (Å²) in [5.74, 6) is 0. The molecule has 0 amide bonds. The smallest absolute Gasteiger partial charge is 0.0485 e. The van der Waals surface area contributed by atoms with Crippen molar-refractivity contribution in [1.29, 1.82) is 0 Å². The minimum absolute atomic E-state index is 0.306. The summed E-state index contributed by atoms with van der Waals surface area (Å²) in [5, 5.41) is 0. The third kappa shape index (κ3) is 1.97. The van der Waals surface area contributed by atoms with Gasteiger partial charge in [0.1, 0.15) is 0 Å². The molecule has 2 rings (SSSR count). The molecule has 0 fully saturated rings. The van der Waals surface area contributed by atoms with Crippen LogP contribution < -0.4 is 0 Å². The molecule has 1 nitrogen and oxygen atoms in total. The van der Waals surface area contributed by atoms with Gasteiger partial charge in [-0.15, -0.1) is 0 Å². The van der Waals surface area contributed by atoms with Gasteiger partial charge in [-0.05, 0) is 31.7 Å². The van der Waals surface area contributed by atoms with Crippen molar-refractivity contribution >= 4 is 5.71 Å². The van der Waals surface area contributed by atoms with Gasteiger partial charge in [-0.2, -0.15) is 0 Å². The maximum Gasteiger partial charge on any atom is 0.0485 e. The van der Waals surface area contributed by atoms with E-state index in [9.17, 15) is 0 Å². The van der Waals surface area contributed by atoms with Crippen molar-refractivity contribution in [3.8, 4) is 0 Å². The molecule has 1 heteroatoms. The SMILES string of the molecule is CCC1(c2ccccc2)CCC(C)=NC1. The minimum atomic E-state index is 0.306. The van der Waals surface area contributed by atoms with Gasteiger partial charge >= 0.3 is 0 Å². The lowest BCUT2D eigenvalue weighted by Gasteiger charge is -2.35. The molecule has 0 bridgehead atoms. The predicted molar refractivity (Wildman–Crippen MR) is 65.6 cm³/mol. The van der Waals surface area contributed by atoms with Gasteiger partial charge in [0.25, 0.3) is 0 Å². The van der Waals surface area contributed by atoms with Crippen molar-refractivity contribution in [2.24, 2.45) is 4.99 Å². The van der Waals surface area contributed by atoms with Crippen LogP contribution in [0.15, 0.2) is 35.3 Å². The lowest BCUT2D eigenvalue weighted by atomic mass is 9.73. The summed E-state index contributed by atoms with van der Waals surface area (Å²) in [6, 6.07) is 10.9. The highest BCUT2D eigenvalue weighted by Crippen LogP contribution is 2.35. The van der Waals surface area contributed by atoms with Crippen LogP contribution in [0.2, 0.25) is 0 Å². The van der Waals surface area contributed by atoms with Crippen molar-refractivity contribution in [1.82, 2.24) is 0 Å². The Labute approximate surface area is 92.2 Å². The van der Waals surface area contributed by atoms with E-state index < -0.39 is 0 Å². The van der Waals surface area contributed by atoms with Gasteiger partial charge in [-0.3, -0.25) is 4.99 Å². The highest BCUT2D eigenvalue weighted by atomic mass is 14.8. The highest BCUT2D eigenvalue weighted by molar-refractivity contribution is 5.82. The molecule has 0 spiro atoms. The first-order valence-electron chi connectivity index (χ1n) is 5.82. The molecule has 1 aromatic rings. The zero-order valence-electron chi connectivity index (χ0n) is 9.66. The molecule has 0 saturated heterocycles. The van der Waals surface area contributed by atoms with E-state index in [-0.39, 0.29) is 0 Å². The number of hydrogen-bond donors (Lipinski definition) is 0. The number of nitrogens with zero attached hydrogens (tertiary/aromatic N) is 1. The third-order valence-electron chi connectivity index (χ3n) is 3.68. The van der Waals surface area contributed by atoms with Crippen LogP contribution in [0.5, 0.6) is 0 Å². The zero-order valence-corrected chi connectivity index (χ0v) is 9.66. The average Bonchev–Trinajstić information content (AvgIpc) is 2.32. The topological polar surface area (TPSA) is 12.4 Å². The second-order valence-corrected chi connectivity index (χ2v) is 4.55. The van der Waals surface area contributed by atoms with E-state index in [1.54, 1.807) is 0 Å². The molecular weight excluding hydrogens is 182 g/mol. The Bertz CT molecular complexity index is 353. The normalized spacial score (nSPS) is 26.1. The first kappa shape index (κ1) is 10.4. The second kappa shape index (κ2) is 4.18. The van der Waals surface area contributed by atoms with E-state index >= 15 is 0 Å². The van der Waals surface area contributed by atoms with E-state index in [0.29, 0.717) is 5.41 Å². The summed E-state index contributed by atoms with van der Waals surface area (Å²) in [6.07, 6.45) is 3.60. The Morgan fingerprint density at radius 3 is 2.53 bits per heavy atom. The van der Waals surface area contributed by atoms with Crippen molar-refractivity contribution in [2.45, 2.75) is 38.5 Å². The van der Waals surface area contributed by atoms with E-state index in [4.69, 9.17) is 0 Å². The van der Waals surface area contributed by atoms with Gasteiger partial charge in [0, 0.05) is 17.7 Å². The molecule has 1 aliphatic heterocycles. The predicted octanol–water partition coefficient (Wildman–Crippen LogP) is 3.59. The van der Waals surface area contributed by atoms with Crippen molar-refractivity contribution in [3.63, 3.8) is 0 Å². The molecule has 0 saturated carbocycles. The van der Waals surface area contributed by atoms with Crippen LogP contribution in [0.3, 0.4) is 0 Å². The molecule has 0 aromatic heterocycles. The largest absolute Gasteiger partial charge is 0.293 e. The molecule has 1 atom stereocenters. The first-order valence-corrected chi connectivity index (χ1v) is 5.82. The fourth-order valence-corrected chi connectivity index (χ4v) is 2.38. The summed E-state index contributed by atoms with van der Waals surface area (Å²) in [6.45, 7) is 5.40. The molecule has 0 N–H and O–H groups in total. The molecule has 0 aliphatic carbocycles. The van der Waals surface area contributed by atoms with Crippen LogP contribution in [0.25, 0.3) is 0 Å². The summed E-state index contributed by atoms with van der Waals surface area (Å²) in [5.41, 5.74) is 3.08. The Morgan fingerprint density at radius 2 is 2.00 bits per heavy atom. The van der Waals surface area contributed by atoms with Crippen LogP contribution in [-0.2, 0) is 5.41 Å². The lowest BCUT2D eigenvalue weighted by Crippen LogP contribution is -2.33. The number of rotatable bonds is 2. The Hall–Kier alpha value is -1.11. The molecule has 80 valence electrons. The van der Waals surface area contributed by atoms with Crippen LogP contribution in [0.4, 0.5) is 0 Å². The number of aliphatic imine (C=N–C) groups is 1. The van der Waals surface area contributed by atoms with Gasteiger partial charge in [0.05, 0.1) is 0 Å². The summed E-state index contributed by atoms with van der Waals surface area (Å²) in [4.78, 5) is 4.65. The van der Waals surface area contributed by atoms with Crippen molar-refractivity contribution < 1.29 is 0 Å². The number of hydrogen-bond acceptors (Lipinski definition) is 1. The summed E-state index contributed by atoms with van der Waals surface area (Å²) in [7, 11) is 0. The van der Waals surface area contributed by atoms with E-state index in [1.165, 1.54) is 24.1 Å². The zero-order chi connectivity index (χ0) is 10.7. The second-order valence-electron chi connectivity index (χ2n) is 4.55. The van der Waals surface area contributed by atoms with E-state index in [0.717, 1.165) is 13.0 Å². The van der Waals surface area contributed by atoms with Crippen LogP contribution in [0.1, 0.15) is 38.7 Å². The van der Waals surface area contributed by atoms with Gasteiger partial charge < -0.3 is 0 Å². The quantitative estimate of drug-likeness (QED) is 0.693. The van der Waals surface area contributed by atoms with Crippen LogP contribution in [-0.4, -0.2) is 12.3 Å². The van der Waals surface area contributed by atoms with Crippen molar-refractivity contribution in [3.05, 3.63) is 35.9 Å². The monoisotopic (exact) mass is 201 g/mol. The van der Waals surface area contributed by atoms with Gasteiger partial charge in [0.2, 0.25) is 0 Å². The molecule has 1 aliphatic rings. The van der Waals surface area contributed by atoms with Gasteiger partial charge in [-0.25, -0.2) is 0 Å². The highest BCUT2D eigenvalue weighted by Gasteiger charge is 2.31. The maximum absolute atomic E-state index is 4.65. The fraction of sp³-hybridized carbons (Fsp3) is 0.500. The van der Waals surface area contributed by atoms with Gasteiger partial charge in [0.15, 0.2) is 0 Å². The van der Waals surface area contributed by atoms with Crippen LogP contribution >= 0.6 is 0 Å². The molecular formula is C14H19N. The maximum atomic E-state index is 4.65. The first-order chi connectivity index (χ1) is 7.27. The summed E-state index contributed by atoms with van der Waals surface area (Å²) >= 11 is 0. The molecule has 1 unspecified atom stereocenters. The fourth-order valence-electron chi connectivity index (χ4n) is 2.38. The van der Waals surface area contributed by atoms with Gasteiger partial charge in [-0.1, -0.05) is 37.3 Å². The molecule has 1 heterocycles. The minimum Gasteiger partial charge on any atom is -0.293 e. The average molecular weight is 201 g/mol. The summed E-state index contributed by atoms with van der Waals surface area (Å²) < 4.78 is 0. The Balaban J connectivity index is 2.31. The Morgan fingerprint density at radius 1 is 1.27 bits per heavy atom. The van der Waals surface area contributed by atoms with Crippen LogP contribution in [0, 0.1) is 0 Å². The van der Waals surface area contributed by atoms with E-state index in [2.05, 4.69) is 49.2 Å². The number of benzene rings is 1. The standard InChI is InChI=1S/C14H19N/c1-3-14(10-9-12(2)15-11-14)13-7-5-4-6-8-13/h4-8H,3,9-11H2,1-2H3. The van der Waals surface area contributed by atoms with E-state index in [1.807, 2.05) is 0 Å². The lowest BCUT2D eigenvalue weighted by molar-refractivity contribution is 0.384. The molecule has 1 aromatic carbocycles. The Kier molecular flexibility index (Phi) is 2.90.